The second-order valence-corrected chi connectivity index (χ2v) is 5.38. The number of benzene rings is 1. The maximum atomic E-state index is 12.8. The Labute approximate surface area is 128 Å². The largest absolute Gasteiger partial charge is 0.466 e. The van der Waals surface area contributed by atoms with Gasteiger partial charge in [-0.3, -0.25) is 9.69 Å². The van der Waals surface area contributed by atoms with Crippen LogP contribution >= 0.6 is 0 Å². The van der Waals surface area contributed by atoms with Crippen molar-refractivity contribution in [3.8, 4) is 0 Å². The Morgan fingerprint density at radius 1 is 1.36 bits per heavy atom. The van der Waals surface area contributed by atoms with Gasteiger partial charge in [0.15, 0.2) is 0 Å². The molecule has 1 heterocycles. The Morgan fingerprint density at radius 3 is 2.73 bits per heavy atom. The molecular formula is C17H17NO4. The van der Waals surface area contributed by atoms with Crippen LogP contribution in [0, 0.1) is 11.8 Å². The number of nitrogens with zero attached hydrogens (tertiary/aromatic N) is 1. The van der Waals surface area contributed by atoms with Gasteiger partial charge >= 0.3 is 5.97 Å². The minimum Gasteiger partial charge on any atom is -0.466 e. The highest BCUT2D eigenvalue weighted by Crippen LogP contribution is 2.42. The molecule has 0 radical (unpaired) electrons. The van der Waals surface area contributed by atoms with Crippen LogP contribution in [0.1, 0.15) is 6.42 Å². The average Bonchev–Trinajstić information content (AvgIpc) is 3.00. The molecule has 1 aromatic rings. The first kappa shape index (κ1) is 14.5. The summed E-state index contributed by atoms with van der Waals surface area (Å²) in [6, 6.07) is 9.14. The maximum Gasteiger partial charge on any atom is 0.335 e. The smallest absolute Gasteiger partial charge is 0.335 e. The molecule has 0 aromatic heterocycles. The summed E-state index contributed by atoms with van der Waals surface area (Å²) in [7, 11) is 1.33. The fourth-order valence-electron chi connectivity index (χ4n) is 3.16. The molecule has 114 valence electrons. The van der Waals surface area contributed by atoms with Crippen LogP contribution in [0.4, 0.5) is 5.69 Å². The van der Waals surface area contributed by atoms with E-state index < -0.39 is 11.9 Å². The minimum atomic E-state index is -0.496. The van der Waals surface area contributed by atoms with E-state index in [1.807, 2.05) is 24.3 Å². The number of para-hydroxylation sites is 1. The molecule has 2 atom stereocenters. The van der Waals surface area contributed by atoms with Crippen molar-refractivity contribution in [2.75, 3.05) is 18.6 Å². The van der Waals surface area contributed by atoms with Crippen molar-refractivity contribution in [3.05, 3.63) is 53.8 Å². The zero-order chi connectivity index (χ0) is 15.7. The number of esters is 1. The average molecular weight is 299 g/mol. The number of amides is 1. The molecule has 0 saturated heterocycles. The fraction of sp³-hybridized carbons (Fsp3) is 0.294. The number of aliphatic hydroxyl groups is 1. The molecule has 22 heavy (non-hydrogen) atoms. The summed E-state index contributed by atoms with van der Waals surface area (Å²) in [4.78, 5) is 26.4. The molecule has 0 bridgehead atoms. The number of ether oxygens (including phenoxy) is 1. The van der Waals surface area contributed by atoms with Crippen LogP contribution in [0.5, 0.6) is 0 Å². The van der Waals surface area contributed by atoms with Crippen molar-refractivity contribution < 1.29 is 19.4 Å². The summed E-state index contributed by atoms with van der Waals surface area (Å²) in [6.07, 6.45) is 3.98. The number of hydrogen-bond donors (Lipinski definition) is 1. The maximum absolute atomic E-state index is 12.8. The number of methoxy groups -OCH3 is 1. The van der Waals surface area contributed by atoms with Gasteiger partial charge in [0.05, 0.1) is 25.2 Å². The van der Waals surface area contributed by atoms with E-state index in [1.165, 1.54) is 12.0 Å². The van der Waals surface area contributed by atoms with Crippen LogP contribution in [0.25, 0.3) is 0 Å². The molecule has 1 N–H and O–H groups in total. The zero-order valence-corrected chi connectivity index (χ0v) is 12.2. The third-order valence-corrected chi connectivity index (χ3v) is 4.24. The molecular weight excluding hydrogens is 282 g/mol. The minimum absolute atomic E-state index is 0.123. The number of hydrogen-bond acceptors (Lipinski definition) is 4. The molecule has 1 amide bonds. The van der Waals surface area contributed by atoms with Gasteiger partial charge in [-0.05, 0) is 24.1 Å². The third kappa shape index (κ3) is 2.23. The first-order valence-electron chi connectivity index (χ1n) is 7.15. The molecule has 2 aliphatic rings. The number of carbonyl (C=O) groups is 2. The summed E-state index contributed by atoms with van der Waals surface area (Å²) in [5.74, 6) is -1.30. The lowest BCUT2D eigenvalue weighted by atomic mass is 9.81. The summed E-state index contributed by atoms with van der Waals surface area (Å²) in [5, 5.41) is 9.49. The Balaban J connectivity index is 2.07. The number of allylic oxidation sites excluding steroid dienone is 1. The molecule has 1 aliphatic heterocycles. The highest BCUT2D eigenvalue weighted by Gasteiger charge is 2.45. The normalized spacial score (nSPS) is 23.7. The molecule has 5 nitrogen and oxygen atoms in total. The molecule has 3 rings (SSSR count). The van der Waals surface area contributed by atoms with Crippen molar-refractivity contribution in [1.29, 1.82) is 0 Å². The summed E-state index contributed by atoms with van der Waals surface area (Å²) in [6.45, 7) is -0.177. The van der Waals surface area contributed by atoms with E-state index in [-0.39, 0.29) is 18.4 Å². The predicted octanol–water partition coefficient (Wildman–Crippen LogP) is 1.64. The fourth-order valence-corrected chi connectivity index (χ4v) is 3.16. The molecule has 5 heteroatoms. The number of carbonyl (C=O) groups excluding carboxylic acids is 2. The van der Waals surface area contributed by atoms with Gasteiger partial charge in [0.1, 0.15) is 0 Å². The summed E-state index contributed by atoms with van der Waals surface area (Å²) in [5.41, 5.74) is 1.83. The standard InChI is InChI=1S/C17H17NO4/c1-22-17(21)14-9-18(12-5-3-2-4-6-12)16(20)15-11(10-19)7-8-13(14)15/h2-7,9,13,15,19H,8,10H2,1H3/t13-,15-/m1/s1. The zero-order valence-electron chi connectivity index (χ0n) is 12.2. The van der Waals surface area contributed by atoms with E-state index in [0.717, 1.165) is 0 Å². The van der Waals surface area contributed by atoms with Gasteiger partial charge in [-0.25, -0.2) is 4.79 Å². The van der Waals surface area contributed by atoms with Crippen molar-refractivity contribution in [2.24, 2.45) is 11.8 Å². The van der Waals surface area contributed by atoms with Gasteiger partial charge in [-0.1, -0.05) is 24.3 Å². The van der Waals surface area contributed by atoms with E-state index in [1.54, 1.807) is 18.3 Å². The Kier molecular flexibility index (Phi) is 3.81. The first-order chi connectivity index (χ1) is 10.7. The number of fused-ring (bicyclic) bond motifs is 1. The van der Waals surface area contributed by atoms with Crippen LogP contribution < -0.4 is 4.90 Å². The Hall–Kier alpha value is -2.40. The molecule has 1 aromatic carbocycles. The number of aliphatic hydroxyl groups excluding tert-OH is 1. The van der Waals surface area contributed by atoms with Crippen molar-refractivity contribution in [2.45, 2.75) is 6.42 Å². The molecule has 1 aliphatic carbocycles. The molecule has 0 fully saturated rings. The Morgan fingerprint density at radius 2 is 2.09 bits per heavy atom. The van der Waals surface area contributed by atoms with Gasteiger partial charge in [0.2, 0.25) is 5.91 Å². The van der Waals surface area contributed by atoms with E-state index in [9.17, 15) is 14.7 Å². The van der Waals surface area contributed by atoms with Gasteiger partial charge in [0, 0.05) is 17.8 Å². The monoisotopic (exact) mass is 299 g/mol. The van der Waals surface area contributed by atoms with Crippen LogP contribution in [0.2, 0.25) is 0 Å². The number of anilines is 1. The topological polar surface area (TPSA) is 66.8 Å². The van der Waals surface area contributed by atoms with E-state index in [0.29, 0.717) is 23.3 Å². The van der Waals surface area contributed by atoms with Crippen LogP contribution in [-0.2, 0) is 14.3 Å². The highest BCUT2D eigenvalue weighted by atomic mass is 16.5. The van der Waals surface area contributed by atoms with Crippen LogP contribution in [0.3, 0.4) is 0 Å². The molecule has 0 saturated carbocycles. The summed E-state index contributed by atoms with van der Waals surface area (Å²) >= 11 is 0. The SMILES string of the molecule is COC(=O)C1=CN(c2ccccc2)C(=O)[C@@H]2C(CO)=CC[C@H]12. The van der Waals surface area contributed by atoms with E-state index in [4.69, 9.17) is 4.74 Å². The first-order valence-corrected chi connectivity index (χ1v) is 7.15. The van der Waals surface area contributed by atoms with Crippen molar-refractivity contribution in [3.63, 3.8) is 0 Å². The molecule has 0 unspecified atom stereocenters. The van der Waals surface area contributed by atoms with Crippen molar-refractivity contribution in [1.82, 2.24) is 0 Å². The summed E-state index contributed by atoms with van der Waals surface area (Å²) < 4.78 is 4.86. The second-order valence-electron chi connectivity index (χ2n) is 5.38. The molecule has 0 spiro atoms. The highest BCUT2D eigenvalue weighted by molar-refractivity contribution is 6.04. The van der Waals surface area contributed by atoms with E-state index in [2.05, 4.69) is 0 Å². The lowest BCUT2D eigenvalue weighted by molar-refractivity contribution is -0.137. The van der Waals surface area contributed by atoms with Crippen LogP contribution in [0.15, 0.2) is 53.8 Å². The third-order valence-electron chi connectivity index (χ3n) is 4.24. The van der Waals surface area contributed by atoms with Gasteiger partial charge < -0.3 is 9.84 Å². The second kappa shape index (κ2) is 5.77. The quantitative estimate of drug-likeness (QED) is 0.680. The van der Waals surface area contributed by atoms with Crippen molar-refractivity contribution >= 4 is 17.6 Å². The van der Waals surface area contributed by atoms with Crippen LogP contribution in [-0.4, -0.2) is 30.7 Å². The lowest BCUT2D eigenvalue weighted by Crippen LogP contribution is -2.42. The Bertz CT molecular complexity index is 662. The number of rotatable bonds is 3. The predicted molar refractivity (Wildman–Crippen MR) is 80.8 cm³/mol. The van der Waals surface area contributed by atoms with Gasteiger partial charge in [0.25, 0.3) is 0 Å². The van der Waals surface area contributed by atoms with E-state index >= 15 is 0 Å². The van der Waals surface area contributed by atoms with Gasteiger partial charge in [-0.15, -0.1) is 0 Å². The lowest BCUT2D eigenvalue weighted by Gasteiger charge is -2.33. The van der Waals surface area contributed by atoms with Gasteiger partial charge in [-0.2, -0.15) is 0 Å².